The molecule has 24 heavy (non-hydrogen) atoms. The highest BCUT2D eigenvalue weighted by atomic mass is 35.5. The highest BCUT2D eigenvalue weighted by Gasteiger charge is 2.59. The number of hydrogen-bond donors (Lipinski definition) is 0. The second-order valence-electron chi connectivity index (χ2n) is 6.55. The van der Waals surface area contributed by atoms with Gasteiger partial charge in [0, 0.05) is 5.02 Å². The lowest BCUT2D eigenvalue weighted by Crippen LogP contribution is -2.37. The van der Waals surface area contributed by atoms with Crippen LogP contribution in [0.15, 0.2) is 36.4 Å². The number of imide groups is 1. The number of allylic oxidation sites excluding steroid dienone is 2. The Balaban J connectivity index is 1.37. The minimum Gasteiger partial charge on any atom is -0.459 e. The van der Waals surface area contributed by atoms with Crippen LogP contribution in [0, 0.1) is 23.7 Å². The van der Waals surface area contributed by atoms with Gasteiger partial charge in [-0.15, -0.1) is 0 Å². The maximum absolute atomic E-state index is 12.5. The third kappa shape index (κ3) is 2.44. The number of carbonyl (C=O) groups excluding carboxylic acids is 3. The van der Waals surface area contributed by atoms with Gasteiger partial charge in [-0.05, 0) is 36.0 Å². The number of benzene rings is 1. The molecule has 124 valence electrons. The van der Waals surface area contributed by atoms with Crippen LogP contribution in [0.5, 0.6) is 0 Å². The maximum Gasteiger partial charge on any atom is 0.326 e. The van der Waals surface area contributed by atoms with Crippen molar-refractivity contribution in [1.29, 1.82) is 0 Å². The molecule has 2 aliphatic carbocycles. The molecule has 6 heteroatoms. The molecular weight excluding hydrogens is 330 g/mol. The molecule has 5 nitrogen and oxygen atoms in total. The zero-order valence-corrected chi connectivity index (χ0v) is 13.6. The van der Waals surface area contributed by atoms with E-state index in [4.69, 9.17) is 16.3 Å². The van der Waals surface area contributed by atoms with Crippen LogP contribution >= 0.6 is 11.6 Å². The Labute approximate surface area is 144 Å². The second kappa shape index (κ2) is 5.74. The lowest BCUT2D eigenvalue weighted by atomic mass is 9.85. The summed E-state index contributed by atoms with van der Waals surface area (Å²) in [6, 6.07) is 6.94. The van der Waals surface area contributed by atoms with E-state index in [0.29, 0.717) is 5.02 Å². The molecule has 0 spiro atoms. The standard InChI is InChI=1S/C18H16ClNO4/c19-13-5-1-10(2-6-13)9-24-14(21)8-20-17(22)15-11-3-4-12(7-11)16(15)18(20)23/h1-6,11-12,15-16H,7-9H2. The van der Waals surface area contributed by atoms with Gasteiger partial charge in [-0.2, -0.15) is 0 Å². The number of ether oxygens (including phenoxy) is 1. The summed E-state index contributed by atoms with van der Waals surface area (Å²) in [6.07, 6.45) is 4.93. The van der Waals surface area contributed by atoms with Crippen LogP contribution in [0.1, 0.15) is 12.0 Å². The van der Waals surface area contributed by atoms with Crippen molar-refractivity contribution < 1.29 is 19.1 Å². The molecule has 1 aliphatic heterocycles. The normalized spacial score (nSPS) is 30.1. The fourth-order valence-corrected chi connectivity index (χ4v) is 4.17. The van der Waals surface area contributed by atoms with E-state index in [1.54, 1.807) is 24.3 Å². The second-order valence-corrected chi connectivity index (χ2v) is 6.99. The van der Waals surface area contributed by atoms with Crippen LogP contribution in [-0.2, 0) is 25.7 Å². The quantitative estimate of drug-likeness (QED) is 0.477. The molecule has 1 aromatic rings. The van der Waals surface area contributed by atoms with Gasteiger partial charge in [0.2, 0.25) is 11.8 Å². The molecule has 1 saturated heterocycles. The summed E-state index contributed by atoms with van der Waals surface area (Å²) < 4.78 is 5.17. The van der Waals surface area contributed by atoms with Crippen LogP contribution < -0.4 is 0 Å². The van der Waals surface area contributed by atoms with E-state index >= 15 is 0 Å². The number of carbonyl (C=O) groups is 3. The monoisotopic (exact) mass is 345 g/mol. The van der Waals surface area contributed by atoms with E-state index in [2.05, 4.69) is 0 Å². The van der Waals surface area contributed by atoms with E-state index in [9.17, 15) is 14.4 Å². The molecule has 1 saturated carbocycles. The number of hydrogen-bond acceptors (Lipinski definition) is 4. The first kappa shape index (κ1) is 15.4. The Morgan fingerprint density at radius 3 is 2.25 bits per heavy atom. The fraction of sp³-hybridized carbons (Fsp3) is 0.389. The molecule has 4 atom stereocenters. The van der Waals surface area contributed by atoms with Crippen molar-refractivity contribution >= 4 is 29.4 Å². The summed E-state index contributed by atoms with van der Waals surface area (Å²) in [7, 11) is 0. The van der Waals surface area contributed by atoms with Crippen molar-refractivity contribution in [3.8, 4) is 0 Å². The third-order valence-electron chi connectivity index (χ3n) is 5.16. The Morgan fingerprint density at radius 2 is 1.67 bits per heavy atom. The van der Waals surface area contributed by atoms with Gasteiger partial charge in [-0.1, -0.05) is 35.9 Å². The predicted molar refractivity (Wildman–Crippen MR) is 85.7 cm³/mol. The number of rotatable bonds is 4. The Hall–Kier alpha value is -2.14. The lowest BCUT2D eigenvalue weighted by Gasteiger charge is -2.16. The van der Waals surface area contributed by atoms with Gasteiger partial charge in [0.25, 0.3) is 0 Å². The Morgan fingerprint density at radius 1 is 1.08 bits per heavy atom. The lowest BCUT2D eigenvalue weighted by molar-refractivity contribution is -0.154. The summed E-state index contributed by atoms with van der Waals surface area (Å²) in [5, 5.41) is 0.605. The molecule has 4 unspecified atom stereocenters. The Kier molecular flexibility index (Phi) is 3.68. The molecule has 2 fully saturated rings. The summed E-state index contributed by atoms with van der Waals surface area (Å²) >= 11 is 5.80. The topological polar surface area (TPSA) is 63.7 Å². The van der Waals surface area contributed by atoms with Crippen molar-refractivity contribution in [3.63, 3.8) is 0 Å². The van der Waals surface area contributed by atoms with Gasteiger partial charge in [-0.3, -0.25) is 19.3 Å². The molecule has 1 aromatic carbocycles. The first-order valence-corrected chi connectivity index (χ1v) is 8.36. The number of amides is 2. The maximum atomic E-state index is 12.5. The zero-order valence-electron chi connectivity index (χ0n) is 12.9. The van der Waals surface area contributed by atoms with Crippen LogP contribution in [-0.4, -0.2) is 29.2 Å². The van der Waals surface area contributed by atoms with Crippen LogP contribution in [0.2, 0.25) is 5.02 Å². The van der Waals surface area contributed by atoms with Gasteiger partial charge in [0.05, 0.1) is 11.8 Å². The summed E-state index contributed by atoms with van der Waals surface area (Å²) in [6.45, 7) is -0.219. The van der Waals surface area contributed by atoms with Crippen LogP contribution in [0.25, 0.3) is 0 Å². The molecule has 0 aromatic heterocycles. The van der Waals surface area contributed by atoms with Gasteiger partial charge in [0.15, 0.2) is 0 Å². The van der Waals surface area contributed by atoms with Crippen molar-refractivity contribution in [2.75, 3.05) is 6.54 Å². The number of nitrogens with zero attached hydrogens (tertiary/aromatic N) is 1. The molecule has 1 heterocycles. The van der Waals surface area contributed by atoms with E-state index in [1.807, 2.05) is 12.2 Å². The minimum absolute atomic E-state index is 0.0892. The molecule has 0 radical (unpaired) electrons. The minimum atomic E-state index is -0.577. The summed E-state index contributed by atoms with van der Waals surface area (Å²) in [4.78, 5) is 38.1. The van der Waals surface area contributed by atoms with Crippen molar-refractivity contribution in [1.82, 2.24) is 4.90 Å². The number of fused-ring (bicyclic) bond motifs is 5. The van der Waals surface area contributed by atoms with Crippen molar-refractivity contribution in [2.24, 2.45) is 23.7 Å². The number of esters is 1. The van der Waals surface area contributed by atoms with Gasteiger partial charge < -0.3 is 4.74 Å². The molecule has 3 aliphatic rings. The highest BCUT2D eigenvalue weighted by molar-refractivity contribution is 6.30. The van der Waals surface area contributed by atoms with Crippen LogP contribution in [0.3, 0.4) is 0 Å². The first-order valence-electron chi connectivity index (χ1n) is 7.98. The SMILES string of the molecule is O=C(CN1C(=O)C2C3C=CC(C3)C2C1=O)OCc1ccc(Cl)cc1. The van der Waals surface area contributed by atoms with Gasteiger partial charge in [0.1, 0.15) is 13.2 Å². The largest absolute Gasteiger partial charge is 0.459 e. The van der Waals surface area contributed by atoms with Crippen molar-refractivity contribution in [3.05, 3.63) is 47.0 Å². The number of halogens is 1. The van der Waals surface area contributed by atoms with Crippen LogP contribution in [0.4, 0.5) is 0 Å². The molecule has 4 rings (SSSR count). The smallest absolute Gasteiger partial charge is 0.326 e. The molecule has 2 amide bonds. The third-order valence-corrected chi connectivity index (χ3v) is 5.41. The predicted octanol–water partition coefficient (Wildman–Crippen LogP) is 2.19. The fourth-order valence-electron chi connectivity index (χ4n) is 4.04. The molecule has 0 N–H and O–H groups in total. The van der Waals surface area contributed by atoms with E-state index in [0.717, 1.165) is 16.9 Å². The van der Waals surface area contributed by atoms with Gasteiger partial charge in [-0.25, -0.2) is 0 Å². The van der Waals surface area contributed by atoms with E-state index in [-0.39, 0.29) is 48.6 Å². The van der Waals surface area contributed by atoms with E-state index in [1.165, 1.54) is 0 Å². The van der Waals surface area contributed by atoms with Gasteiger partial charge >= 0.3 is 5.97 Å². The molecular formula is C18H16ClNO4. The van der Waals surface area contributed by atoms with E-state index < -0.39 is 5.97 Å². The Bertz CT molecular complexity index is 712. The average molecular weight is 346 g/mol. The highest BCUT2D eigenvalue weighted by Crippen LogP contribution is 2.52. The zero-order chi connectivity index (χ0) is 16.8. The van der Waals surface area contributed by atoms with Crippen molar-refractivity contribution in [2.45, 2.75) is 13.0 Å². The molecule has 2 bridgehead atoms. The average Bonchev–Trinajstić information content (AvgIpc) is 3.24. The first-order chi connectivity index (χ1) is 11.5. The summed E-state index contributed by atoms with van der Waals surface area (Å²) in [5.41, 5.74) is 0.797. The number of likely N-dealkylation sites (tertiary alicyclic amines) is 1. The summed E-state index contributed by atoms with van der Waals surface area (Å²) in [5.74, 6) is -1.31.